The first-order chi connectivity index (χ1) is 8.67. The molecule has 7 heteroatoms. The fourth-order valence-corrected chi connectivity index (χ4v) is 3.28. The van der Waals surface area contributed by atoms with E-state index in [1.165, 1.54) is 11.8 Å². The van der Waals surface area contributed by atoms with Crippen LogP contribution in [-0.4, -0.2) is 65.3 Å². The molecular formula is C11H21N3O3S+2. The SMILES string of the molecule is C=CC[NH2+]C[C@H]1O[C@@H]2SC([NH2+]C)=N[C@@H]2[C@@H](O)[C@@H]1O. The third kappa shape index (κ3) is 2.76. The molecule has 2 rings (SSSR count). The Balaban J connectivity index is 1.97. The van der Waals surface area contributed by atoms with Crippen LogP contribution in [0, 0.1) is 0 Å². The Morgan fingerprint density at radius 1 is 1.50 bits per heavy atom. The second kappa shape index (κ2) is 6.14. The summed E-state index contributed by atoms with van der Waals surface area (Å²) in [5, 5.41) is 24.9. The summed E-state index contributed by atoms with van der Waals surface area (Å²) in [6, 6.07) is -0.355. The number of aliphatic hydroxyl groups excluding tert-OH is 2. The topological polar surface area (TPSA) is 95.3 Å². The smallest absolute Gasteiger partial charge is 0.258 e. The molecule has 2 aliphatic heterocycles. The van der Waals surface area contributed by atoms with Gasteiger partial charge in [-0.1, -0.05) is 6.58 Å². The molecule has 0 aromatic rings. The summed E-state index contributed by atoms with van der Waals surface area (Å²) in [7, 11) is 1.90. The number of aliphatic imine (C=N–C) groups is 1. The number of amidine groups is 1. The van der Waals surface area contributed by atoms with Gasteiger partial charge in [-0.25, -0.2) is 4.99 Å². The minimum atomic E-state index is -0.882. The lowest BCUT2D eigenvalue weighted by Crippen LogP contribution is -2.87. The van der Waals surface area contributed by atoms with Gasteiger partial charge in [0.1, 0.15) is 36.3 Å². The number of quaternary nitrogens is 2. The van der Waals surface area contributed by atoms with E-state index in [2.05, 4.69) is 11.6 Å². The average molecular weight is 275 g/mol. The minimum Gasteiger partial charge on any atom is -0.388 e. The number of aliphatic hydroxyl groups is 2. The van der Waals surface area contributed by atoms with E-state index in [0.717, 1.165) is 11.7 Å². The van der Waals surface area contributed by atoms with Crippen LogP contribution >= 0.6 is 11.8 Å². The molecule has 0 bridgehead atoms. The zero-order valence-corrected chi connectivity index (χ0v) is 11.2. The van der Waals surface area contributed by atoms with Gasteiger partial charge in [-0.3, -0.25) is 5.32 Å². The van der Waals surface area contributed by atoms with Crippen molar-refractivity contribution in [3.8, 4) is 0 Å². The van der Waals surface area contributed by atoms with Crippen LogP contribution in [0.1, 0.15) is 0 Å². The first kappa shape index (κ1) is 14.0. The fourth-order valence-electron chi connectivity index (χ4n) is 2.16. The molecular weight excluding hydrogens is 254 g/mol. The summed E-state index contributed by atoms with van der Waals surface area (Å²) in [4.78, 5) is 4.35. The average Bonchev–Trinajstić information content (AvgIpc) is 2.79. The molecule has 0 amide bonds. The summed E-state index contributed by atoms with van der Waals surface area (Å²) in [5.41, 5.74) is -0.184. The number of nitrogens with zero attached hydrogens (tertiary/aromatic N) is 1. The van der Waals surface area contributed by atoms with Gasteiger partial charge in [0.05, 0.1) is 13.6 Å². The van der Waals surface area contributed by atoms with Crippen molar-refractivity contribution in [2.45, 2.75) is 29.8 Å². The first-order valence-corrected chi connectivity index (χ1v) is 7.03. The molecule has 0 spiro atoms. The van der Waals surface area contributed by atoms with Gasteiger partial charge in [0.15, 0.2) is 0 Å². The second-order valence-electron chi connectivity index (χ2n) is 4.44. The number of thioether (sulfide) groups is 1. The molecule has 2 aliphatic rings. The van der Waals surface area contributed by atoms with Crippen molar-refractivity contribution in [3.05, 3.63) is 12.7 Å². The number of ether oxygens (including phenoxy) is 1. The highest BCUT2D eigenvalue weighted by Crippen LogP contribution is 2.34. The van der Waals surface area contributed by atoms with E-state index in [4.69, 9.17) is 4.74 Å². The van der Waals surface area contributed by atoms with Gasteiger partial charge in [-0.05, 0) is 17.8 Å². The highest BCUT2D eigenvalue weighted by atomic mass is 32.2. The van der Waals surface area contributed by atoms with Crippen molar-refractivity contribution in [1.29, 1.82) is 0 Å². The monoisotopic (exact) mass is 275 g/mol. The molecule has 102 valence electrons. The molecule has 0 unspecified atom stereocenters. The molecule has 0 saturated carbocycles. The highest BCUT2D eigenvalue weighted by Gasteiger charge is 2.49. The lowest BCUT2D eigenvalue weighted by atomic mass is 9.98. The van der Waals surface area contributed by atoms with Gasteiger partial charge in [0.25, 0.3) is 5.17 Å². The van der Waals surface area contributed by atoms with Crippen molar-refractivity contribution in [2.75, 3.05) is 20.1 Å². The number of nitrogens with two attached hydrogens (primary N) is 2. The van der Waals surface area contributed by atoms with Crippen molar-refractivity contribution >= 4 is 16.9 Å². The van der Waals surface area contributed by atoms with Crippen molar-refractivity contribution in [2.24, 2.45) is 4.99 Å². The molecule has 5 atom stereocenters. The summed E-state index contributed by atoms with van der Waals surface area (Å²) < 4.78 is 5.82. The lowest BCUT2D eigenvalue weighted by molar-refractivity contribution is -0.655. The van der Waals surface area contributed by atoms with E-state index in [1.807, 2.05) is 17.7 Å². The van der Waals surface area contributed by atoms with E-state index in [9.17, 15) is 10.2 Å². The standard InChI is InChI=1S/C11H19N3O3S/c1-3-4-13-5-6-8(15)9(16)7-10(17-6)18-11(12-2)14-7/h3,6-10,13,15-16H,1,4-5H2,2H3,(H,12,14)/p+2/t6-,7-,8-,9-,10-/m1/s1. The predicted molar refractivity (Wildman–Crippen MR) is 69.2 cm³/mol. The highest BCUT2D eigenvalue weighted by molar-refractivity contribution is 8.14. The number of hydrogen-bond acceptors (Lipinski definition) is 5. The fraction of sp³-hybridized carbons (Fsp3) is 0.727. The van der Waals surface area contributed by atoms with Crippen LogP contribution in [-0.2, 0) is 4.74 Å². The quantitative estimate of drug-likeness (QED) is 0.322. The Kier molecular flexibility index (Phi) is 4.77. The van der Waals surface area contributed by atoms with Crippen LogP contribution in [0.5, 0.6) is 0 Å². The molecule has 2 heterocycles. The predicted octanol–water partition coefficient (Wildman–Crippen LogP) is -3.15. The summed E-state index contributed by atoms with van der Waals surface area (Å²) in [5.74, 6) is 0. The lowest BCUT2D eigenvalue weighted by Gasteiger charge is -2.37. The summed E-state index contributed by atoms with van der Waals surface area (Å²) in [6.45, 7) is 5.02. The van der Waals surface area contributed by atoms with Crippen LogP contribution in [0.15, 0.2) is 17.6 Å². The van der Waals surface area contributed by atoms with Gasteiger partial charge in [0, 0.05) is 0 Å². The van der Waals surface area contributed by atoms with E-state index in [-0.39, 0.29) is 17.6 Å². The number of fused-ring (bicyclic) bond motifs is 1. The second-order valence-corrected chi connectivity index (χ2v) is 5.56. The Morgan fingerprint density at radius 3 is 2.94 bits per heavy atom. The van der Waals surface area contributed by atoms with Crippen LogP contribution in [0.4, 0.5) is 0 Å². The molecule has 6 N–H and O–H groups in total. The van der Waals surface area contributed by atoms with Gasteiger partial charge in [0.2, 0.25) is 0 Å². The maximum atomic E-state index is 10.1. The number of hydrogen-bond donors (Lipinski definition) is 4. The van der Waals surface area contributed by atoms with Crippen molar-refractivity contribution < 1.29 is 25.6 Å². The Bertz CT molecular complexity index is 339. The molecule has 18 heavy (non-hydrogen) atoms. The van der Waals surface area contributed by atoms with Gasteiger partial charge < -0.3 is 20.3 Å². The van der Waals surface area contributed by atoms with E-state index in [1.54, 1.807) is 6.08 Å². The van der Waals surface area contributed by atoms with Gasteiger partial charge in [-0.15, -0.1) is 0 Å². The van der Waals surface area contributed by atoms with E-state index < -0.39 is 12.2 Å². The normalized spacial score (nSPS) is 39.3. The van der Waals surface area contributed by atoms with Gasteiger partial charge >= 0.3 is 0 Å². The van der Waals surface area contributed by atoms with Crippen molar-refractivity contribution in [3.63, 3.8) is 0 Å². The zero-order valence-electron chi connectivity index (χ0n) is 10.4. The van der Waals surface area contributed by atoms with E-state index in [0.29, 0.717) is 6.54 Å². The van der Waals surface area contributed by atoms with E-state index >= 15 is 0 Å². The molecule has 0 aromatic heterocycles. The van der Waals surface area contributed by atoms with Crippen LogP contribution in [0.3, 0.4) is 0 Å². The minimum absolute atomic E-state index is 0.184. The van der Waals surface area contributed by atoms with Gasteiger partial charge in [-0.2, -0.15) is 0 Å². The maximum absolute atomic E-state index is 10.1. The summed E-state index contributed by atoms with van der Waals surface area (Å²) in [6.07, 6.45) is -0.296. The molecule has 6 nitrogen and oxygen atoms in total. The van der Waals surface area contributed by atoms with Crippen molar-refractivity contribution in [1.82, 2.24) is 0 Å². The maximum Gasteiger partial charge on any atom is 0.258 e. The summed E-state index contributed by atoms with van der Waals surface area (Å²) >= 11 is 1.51. The molecule has 0 aliphatic carbocycles. The van der Waals surface area contributed by atoms with Crippen LogP contribution in [0.2, 0.25) is 0 Å². The molecule has 0 aromatic carbocycles. The Morgan fingerprint density at radius 2 is 2.28 bits per heavy atom. The molecule has 1 saturated heterocycles. The Labute approximate surface area is 111 Å². The third-order valence-electron chi connectivity index (χ3n) is 3.16. The first-order valence-electron chi connectivity index (χ1n) is 6.15. The van der Waals surface area contributed by atoms with Crippen LogP contribution < -0.4 is 10.6 Å². The molecule has 1 fully saturated rings. The zero-order chi connectivity index (χ0) is 13.1. The third-order valence-corrected chi connectivity index (χ3v) is 4.37. The molecule has 0 radical (unpaired) electrons. The largest absolute Gasteiger partial charge is 0.388 e. The Hall–Kier alpha value is -0.440. The number of rotatable bonds is 4. The van der Waals surface area contributed by atoms with Crippen LogP contribution in [0.25, 0.3) is 0 Å².